The maximum absolute atomic E-state index is 11.4. The highest BCUT2D eigenvalue weighted by Gasteiger charge is 2.24. The monoisotopic (exact) mass is 226 g/mol. The molecule has 0 amide bonds. The SMILES string of the molecule is Cn1ccc(NC2CCCC2Cl)cc1=O. The van der Waals surface area contributed by atoms with Crippen molar-refractivity contribution in [1.29, 1.82) is 0 Å². The van der Waals surface area contributed by atoms with Gasteiger partial charge in [0.05, 0.1) is 5.38 Å². The van der Waals surface area contributed by atoms with Gasteiger partial charge in [-0.1, -0.05) is 0 Å². The van der Waals surface area contributed by atoms with E-state index in [0.29, 0.717) is 6.04 Å². The van der Waals surface area contributed by atoms with Crippen LogP contribution in [-0.4, -0.2) is 16.0 Å². The quantitative estimate of drug-likeness (QED) is 0.783. The van der Waals surface area contributed by atoms with E-state index >= 15 is 0 Å². The number of nitrogens with zero attached hydrogens (tertiary/aromatic N) is 1. The highest BCUT2D eigenvalue weighted by Crippen LogP contribution is 2.26. The summed E-state index contributed by atoms with van der Waals surface area (Å²) in [5, 5.41) is 3.50. The van der Waals surface area contributed by atoms with E-state index < -0.39 is 0 Å². The molecule has 15 heavy (non-hydrogen) atoms. The lowest BCUT2D eigenvalue weighted by Gasteiger charge is -2.17. The van der Waals surface area contributed by atoms with E-state index in [1.807, 2.05) is 6.07 Å². The second kappa shape index (κ2) is 4.27. The molecule has 1 N–H and O–H groups in total. The molecule has 1 aliphatic rings. The van der Waals surface area contributed by atoms with Gasteiger partial charge >= 0.3 is 0 Å². The number of aryl methyl sites for hydroxylation is 1. The van der Waals surface area contributed by atoms with Gasteiger partial charge in [0.25, 0.3) is 5.56 Å². The lowest BCUT2D eigenvalue weighted by atomic mass is 10.2. The molecule has 0 bridgehead atoms. The first-order valence-corrected chi connectivity index (χ1v) is 5.68. The number of alkyl halides is 1. The molecule has 4 heteroatoms. The number of hydrogen-bond donors (Lipinski definition) is 1. The van der Waals surface area contributed by atoms with Crippen LogP contribution < -0.4 is 10.9 Å². The molecule has 1 fully saturated rings. The predicted molar refractivity (Wildman–Crippen MR) is 62.6 cm³/mol. The Morgan fingerprint density at radius 1 is 1.53 bits per heavy atom. The highest BCUT2D eigenvalue weighted by molar-refractivity contribution is 6.21. The van der Waals surface area contributed by atoms with Crippen molar-refractivity contribution < 1.29 is 0 Å². The molecule has 1 saturated carbocycles. The largest absolute Gasteiger partial charge is 0.381 e. The third-order valence-electron chi connectivity index (χ3n) is 2.89. The van der Waals surface area contributed by atoms with Gasteiger partial charge in [-0.25, -0.2) is 0 Å². The molecule has 2 atom stereocenters. The van der Waals surface area contributed by atoms with Gasteiger partial charge in [-0.2, -0.15) is 0 Å². The van der Waals surface area contributed by atoms with Crippen LogP contribution in [0.5, 0.6) is 0 Å². The lowest BCUT2D eigenvalue weighted by molar-refractivity contribution is 0.759. The summed E-state index contributed by atoms with van der Waals surface area (Å²) in [6, 6.07) is 3.82. The summed E-state index contributed by atoms with van der Waals surface area (Å²) in [5.41, 5.74) is 0.875. The zero-order valence-corrected chi connectivity index (χ0v) is 9.50. The first kappa shape index (κ1) is 10.6. The molecule has 0 aliphatic heterocycles. The molecule has 1 aliphatic carbocycles. The van der Waals surface area contributed by atoms with E-state index in [9.17, 15) is 4.79 Å². The lowest BCUT2D eigenvalue weighted by Crippen LogP contribution is -2.25. The minimum atomic E-state index is 0.00381. The summed E-state index contributed by atoms with van der Waals surface area (Å²) in [6.45, 7) is 0. The topological polar surface area (TPSA) is 34.0 Å². The van der Waals surface area contributed by atoms with Crippen LogP contribution in [0.25, 0.3) is 0 Å². The fourth-order valence-electron chi connectivity index (χ4n) is 1.93. The zero-order valence-electron chi connectivity index (χ0n) is 8.74. The average Bonchev–Trinajstić information content (AvgIpc) is 2.59. The van der Waals surface area contributed by atoms with Crippen molar-refractivity contribution in [2.24, 2.45) is 7.05 Å². The summed E-state index contributed by atoms with van der Waals surface area (Å²) in [7, 11) is 1.74. The van der Waals surface area contributed by atoms with Crippen LogP contribution in [0, 0.1) is 0 Å². The van der Waals surface area contributed by atoms with Gasteiger partial charge in [0, 0.05) is 31.0 Å². The van der Waals surface area contributed by atoms with Crippen LogP contribution in [0.2, 0.25) is 0 Å². The molecule has 2 rings (SSSR count). The van der Waals surface area contributed by atoms with Crippen LogP contribution >= 0.6 is 11.6 Å². The van der Waals surface area contributed by atoms with Gasteiger partial charge in [-0.3, -0.25) is 4.79 Å². The molecule has 1 aromatic heterocycles. The van der Waals surface area contributed by atoms with Crippen molar-refractivity contribution in [2.75, 3.05) is 5.32 Å². The molecular formula is C11H15ClN2O. The van der Waals surface area contributed by atoms with Crippen LogP contribution in [0.4, 0.5) is 5.69 Å². The van der Waals surface area contributed by atoms with E-state index in [1.165, 1.54) is 0 Å². The number of hydrogen-bond acceptors (Lipinski definition) is 2. The summed E-state index contributed by atoms with van der Waals surface area (Å²) in [5.74, 6) is 0. The smallest absolute Gasteiger partial charge is 0.252 e. The Morgan fingerprint density at radius 3 is 2.93 bits per heavy atom. The maximum atomic E-state index is 11.4. The van der Waals surface area contributed by atoms with Gasteiger partial charge < -0.3 is 9.88 Å². The first-order chi connectivity index (χ1) is 7.16. The Kier molecular flexibility index (Phi) is 3.00. The number of aromatic nitrogens is 1. The van der Waals surface area contributed by atoms with Crippen LogP contribution in [0.3, 0.4) is 0 Å². The number of pyridine rings is 1. The third-order valence-corrected chi connectivity index (χ3v) is 3.41. The van der Waals surface area contributed by atoms with Crippen LogP contribution in [0.1, 0.15) is 19.3 Å². The van der Waals surface area contributed by atoms with Crippen molar-refractivity contribution >= 4 is 17.3 Å². The van der Waals surface area contributed by atoms with Gasteiger partial charge in [0.1, 0.15) is 0 Å². The van der Waals surface area contributed by atoms with Crippen molar-refractivity contribution in [3.05, 3.63) is 28.7 Å². The Hall–Kier alpha value is -0.960. The number of halogens is 1. The van der Waals surface area contributed by atoms with Crippen molar-refractivity contribution in [3.63, 3.8) is 0 Å². The molecule has 1 aromatic rings. The molecular weight excluding hydrogens is 212 g/mol. The molecule has 0 aromatic carbocycles. The summed E-state index contributed by atoms with van der Waals surface area (Å²) < 4.78 is 1.55. The first-order valence-electron chi connectivity index (χ1n) is 5.24. The molecule has 0 saturated heterocycles. The van der Waals surface area contributed by atoms with Gasteiger partial charge in [0.15, 0.2) is 0 Å². The standard InChI is InChI=1S/C11H15ClN2O/c1-14-6-5-8(7-11(14)15)13-10-4-2-3-9(10)12/h5-7,9-10,13H,2-4H2,1H3. The fraction of sp³-hybridized carbons (Fsp3) is 0.545. The number of nitrogens with one attached hydrogen (secondary N) is 1. The Balaban J connectivity index is 2.10. The minimum Gasteiger partial charge on any atom is -0.381 e. The Morgan fingerprint density at radius 2 is 2.33 bits per heavy atom. The number of anilines is 1. The van der Waals surface area contributed by atoms with Crippen LogP contribution in [-0.2, 0) is 7.05 Å². The third kappa shape index (κ3) is 2.34. The molecule has 3 nitrogen and oxygen atoms in total. The van der Waals surface area contributed by atoms with E-state index in [-0.39, 0.29) is 10.9 Å². The second-order valence-electron chi connectivity index (χ2n) is 4.06. The fourth-order valence-corrected chi connectivity index (χ4v) is 2.27. The average molecular weight is 227 g/mol. The molecule has 2 unspecified atom stereocenters. The van der Waals surface area contributed by atoms with Crippen molar-refractivity contribution in [3.8, 4) is 0 Å². The van der Waals surface area contributed by atoms with Crippen LogP contribution in [0.15, 0.2) is 23.1 Å². The molecule has 0 radical (unpaired) electrons. The van der Waals surface area contributed by atoms with E-state index in [0.717, 1.165) is 24.9 Å². The molecule has 82 valence electrons. The predicted octanol–water partition coefficient (Wildman–Crippen LogP) is 1.96. The van der Waals surface area contributed by atoms with Crippen molar-refractivity contribution in [2.45, 2.75) is 30.7 Å². The Labute approximate surface area is 94.1 Å². The zero-order chi connectivity index (χ0) is 10.8. The Bertz CT molecular complexity index is 402. The van der Waals surface area contributed by atoms with Gasteiger partial charge in [0.2, 0.25) is 0 Å². The van der Waals surface area contributed by atoms with E-state index in [2.05, 4.69) is 5.32 Å². The molecule has 1 heterocycles. The van der Waals surface area contributed by atoms with Gasteiger partial charge in [-0.15, -0.1) is 11.6 Å². The normalized spacial score (nSPS) is 25.5. The van der Waals surface area contributed by atoms with Crippen molar-refractivity contribution in [1.82, 2.24) is 4.57 Å². The van der Waals surface area contributed by atoms with E-state index in [1.54, 1.807) is 23.9 Å². The summed E-state index contributed by atoms with van der Waals surface area (Å²) >= 11 is 6.15. The highest BCUT2D eigenvalue weighted by atomic mass is 35.5. The summed E-state index contributed by atoms with van der Waals surface area (Å²) in [4.78, 5) is 11.4. The molecule has 0 spiro atoms. The van der Waals surface area contributed by atoms with Gasteiger partial charge in [-0.05, 0) is 25.3 Å². The summed E-state index contributed by atoms with van der Waals surface area (Å²) in [6.07, 6.45) is 5.08. The number of rotatable bonds is 2. The second-order valence-corrected chi connectivity index (χ2v) is 4.62. The van der Waals surface area contributed by atoms with E-state index in [4.69, 9.17) is 11.6 Å². The maximum Gasteiger partial charge on any atom is 0.252 e. The minimum absolute atomic E-state index is 0.00381.